The first-order valence-corrected chi connectivity index (χ1v) is 3.63. The number of aromatic amines is 2. The van der Waals surface area contributed by atoms with Crippen molar-refractivity contribution in [2.45, 2.75) is 6.92 Å². The highest BCUT2D eigenvalue weighted by molar-refractivity contribution is 5.71. The van der Waals surface area contributed by atoms with E-state index in [1.54, 1.807) is 6.92 Å². The van der Waals surface area contributed by atoms with E-state index in [9.17, 15) is 9.59 Å². The molecule has 0 saturated heterocycles. The number of hydrogen-bond donors (Lipinski definition) is 2. The van der Waals surface area contributed by atoms with Crippen LogP contribution in [0.1, 0.15) is 5.82 Å². The van der Waals surface area contributed by atoms with Crippen LogP contribution in [0.5, 0.6) is 0 Å². The number of aryl methyl sites for hydroxylation is 1. The van der Waals surface area contributed by atoms with Crippen molar-refractivity contribution in [3.8, 4) is 0 Å². The quantitative estimate of drug-likeness (QED) is 0.558. The lowest BCUT2D eigenvalue weighted by atomic mass is 10.5. The maximum atomic E-state index is 11.3. The number of fused-ring (bicyclic) bond motifs is 1. The zero-order valence-corrected chi connectivity index (χ0v) is 6.79. The molecule has 0 atom stereocenters. The highest BCUT2D eigenvalue weighted by Crippen LogP contribution is 1.92. The molecule has 0 unspecified atom stereocenters. The minimum atomic E-state index is -0.483. The van der Waals surface area contributed by atoms with Gasteiger partial charge in [0.1, 0.15) is 11.3 Å². The van der Waals surface area contributed by atoms with Crippen LogP contribution in [-0.2, 0) is 0 Å². The smallest absolute Gasteiger partial charge is 0.297 e. The highest BCUT2D eigenvalue weighted by Gasteiger charge is 2.03. The van der Waals surface area contributed by atoms with Gasteiger partial charge in [0.05, 0.1) is 6.33 Å². The van der Waals surface area contributed by atoms with Crippen molar-refractivity contribution in [3.05, 3.63) is 32.9 Å². The Morgan fingerprint density at radius 1 is 1.38 bits per heavy atom. The number of aromatic nitrogens is 4. The van der Waals surface area contributed by atoms with Gasteiger partial charge in [-0.25, -0.2) is 4.98 Å². The molecule has 66 valence electrons. The Kier molecular flexibility index (Phi) is 1.48. The molecule has 0 amide bonds. The lowest BCUT2D eigenvalue weighted by molar-refractivity contribution is 1.04. The third-order valence-corrected chi connectivity index (χ3v) is 1.63. The SMILES string of the molecule is Cc1nc(=O)c2[nH]cnc2c(=O)[nH]1. The second-order valence-corrected chi connectivity index (χ2v) is 2.58. The van der Waals surface area contributed by atoms with Gasteiger partial charge in [-0.2, -0.15) is 4.98 Å². The topological polar surface area (TPSA) is 91.5 Å². The van der Waals surface area contributed by atoms with Crippen molar-refractivity contribution >= 4 is 11.0 Å². The third kappa shape index (κ3) is 1.12. The second-order valence-electron chi connectivity index (χ2n) is 2.58. The van der Waals surface area contributed by atoms with Gasteiger partial charge in [0.25, 0.3) is 11.1 Å². The molecule has 0 fully saturated rings. The molecule has 6 nitrogen and oxygen atoms in total. The first kappa shape index (κ1) is 7.66. The summed E-state index contributed by atoms with van der Waals surface area (Å²) < 4.78 is 0. The average molecular weight is 178 g/mol. The Balaban J connectivity index is 3.18. The van der Waals surface area contributed by atoms with Crippen LogP contribution in [0.2, 0.25) is 0 Å². The van der Waals surface area contributed by atoms with Crippen LogP contribution in [0, 0.1) is 6.92 Å². The fraction of sp³-hybridized carbons (Fsp3) is 0.143. The second kappa shape index (κ2) is 2.51. The Morgan fingerprint density at radius 3 is 2.92 bits per heavy atom. The van der Waals surface area contributed by atoms with Crippen LogP contribution < -0.4 is 11.1 Å². The van der Waals surface area contributed by atoms with Gasteiger partial charge in [-0.05, 0) is 6.92 Å². The standard InChI is InChI=1S/C7H6N4O2/c1-3-10-6(12)4-5(7(13)11-3)9-2-8-4/h2H,1H3,(H,8,9)(H,10,11,12,13). The predicted octanol–water partition coefficient (Wildman–Crippen LogP) is -0.685. The largest absolute Gasteiger partial charge is 0.340 e. The summed E-state index contributed by atoms with van der Waals surface area (Å²) in [7, 11) is 0. The number of hydrogen-bond acceptors (Lipinski definition) is 4. The molecule has 0 aromatic carbocycles. The van der Waals surface area contributed by atoms with Crippen molar-refractivity contribution in [2.24, 2.45) is 0 Å². The summed E-state index contributed by atoms with van der Waals surface area (Å²) in [6.07, 6.45) is 1.29. The lowest BCUT2D eigenvalue weighted by Gasteiger charge is -1.76. The fourth-order valence-corrected chi connectivity index (χ4v) is 1.09. The van der Waals surface area contributed by atoms with Gasteiger partial charge in [0.15, 0.2) is 5.52 Å². The van der Waals surface area contributed by atoms with Crippen molar-refractivity contribution in [2.75, 3.05) is 0 Å². The molecule has 2 aromatic heterocycles. The molecule has 13 heavy (non-hydrogen) atoms. The van der Waals surface area contributed by atoms with E-state index in [1.807, 2.05) is 0 Å². The number of nitrogens with one attached hydrogen (secondary N) is 2. The number of nitrogens with zero attached hydrogens (tertiary/aromatic N) is 2. The molecule has 0 radical (unpaired) electrons. The van der Waals surface area contributed by atoms with E-state index >= 15 is 0 Å². The summed E-state index contributed by atoms with van der Waals surface area (Å²) in [6.45, 7) is 1.54. The maximum absolute atomic E-state index is 11.3. The van der Waals surface area contributed by atoms with E-state index in [1.165, 1.54) is 6.33 Å². The van der Waals surface area contributed by atoms with Crippen LogP contribution in [0.4, 0.5) is 0 Å². The number of H-pyrrole nitrogens is 2. The van der Waals surface area contributed by atoms with Crippen LogP contribution in [0.25, 0.3) is 11.0 Å². The molecule has 0 aliphatic rings. The molecule has 2 N–H and O–H groups in total. The van der Waals surface area contributed by atoms with E-state index in [0.29, 0.717) is 0 Å². The molecule has 0 aliphatic heterocycles. The summed E-state index contributed by atoms with van der Waals surface area (Å²) in [5.41, 5.74) is -0.674. The van der Waals surface area contributed by atoms with Gasteiger partial charge in [-0.1, -0.05) is 0 Å². The summed E-state index contributed by atoms with van der Waals surface area (Å²) in [5, 5.41) is 0. The summed E-state index contributed by atoms with van der Waals surface area (Å²) in [6, 6.07) is 0. The molecule has 2 rings (SSSR count). The van der Waals surface area contributed by atoms with Crippen LogP contribution in [-0.4, -0.2) is 19.9 Å². The molecule has 6 heteroatoms. The minimum absolute atomic E-state index is 0.0885. The third-order valence-electron chi connectivity index (χ3n) is 1.63. The molecule has 0 bridgehead atoms. The van der Waals surface area contributed by atoms with E-state index in [2.05, 4.69) is 19.9 Å². The molecular weight excluding hydrogens is 172 g/mol. The molecule has 0 saturated carbocycles. The zero-order valence-electron chi connectivity index (χ0n) is 6.79. The van der Waals surface area contributed by atoms with Crippen molar-refractivity contribution in [1.82, 2.24) is 19.9 Å². The molecule has 2 heterocycles. The summed E-state index contributed by atoms with van der Waals surface area (Å²) >= 11 is 0. The van der Waals surface area contributed by atoms with Crippen molar-refractivity contribution in [3.63, 3.8) is 0 Å². The van der Waals surface area contributed by atoms with Gasteiger partial charge in [-0.3, -0.25) is 9.59 Å². The van der Waals surface area contributed by atoms with E-state index in [4.69, 9.17) is 0 Å². The van der Waals surface area contributed by atoms with Crippen LogP contribution in [0.15, 0.2) is 15.9 Å². The number of imidazole rings is 1. The Bertz CT molecular complexity index is 521. The minimum Gasteiger partial charge on any atom is -0.340 e. The molecule has 0 spiro atoms. The average Bonchev–Trinajstić information content (AvgIpc) is 2.47. The van der Waals surface area contributed by atoms with Gasteiger partial charge >= 0.3 is 0 Å². The highest BCUT2D eigenvalue weighted by atomic mass is 16.1. The fourth-order valence-electron chi connectivity index (χ4n) is 1.09. The lowest BCUT2D eigenvalue weighted by Crippen LogP contribution is -2.03. The van der Waals surface area contributed by atoms with Crippen molar-refractivity contribution in [1.29, 1.82) is 0 Å². The van der Waals surface area contributed by atoms with Crippen LogP contribution >= 0.6 is 0 Å². The summed E-state index contributed by atoms with van der Waals surface area (Å²) in [5.74, 6) is 0.279. The van der Waals surface area contributed by atoms with Crippen LogP contribution in [0.3, 0.4) is 0 Å². The predicted molar refractivity (Wildman–Crippen MR) is 45.5 cm³/mol. The van der Waals surface area contributed by atoms with E-state index in [0.717, 1.165) is 0 Å². The van der Waals surface area contributed by atoms with Crippen molar-refractivity contribution < 1.29 is 0 Å². The Hall–Kier alpha value is -1.98. The van der Waals surface area contributed by atoms with E-state index in [-0.39, 0.29) is 16.9 Å². The summed E-state index contributed by atoms with van der Waals surface area (Å²) in [4.78, 5) is 34.9. The Labute approximate surface area is 71.7 Å². The Morgan fingerprint density at radius 2 is 2.15 bits per heavy atom. The molecule has 0 aliphatic carbocycles. The first-order valence-electron chi connectivity index (χ1n) is 3.63. The molecule has 2 aromatic rings. The monoisotopic (exact) mass is 178 g/mol. The first-order chi connectivity index (χ1) is 6.18. The zero-order chi connectivity index (χ0) is 9.42. The number of rotatable bonds is 0. The van der Waals surface area contributed by atoms with E-state index < -0.39 is 11.1 Å². The van der Waals surface area contributed by atoms with Gasteiger partial charge < -0.3 is 9.97 Å². The normalized spacial score (nSPS) is 10.5. The van der Waals surface area contributed by atoms with Gasteiger partial charge in [0, 0.05) is 0 Å². The molecular formula is C7H6N4O2. The maximum Gasteiger partial charge on any atom is 0.297 e. The van der Waals surface area contributed by atoms with Gasteiger partial charge in [0.2, 0.25) is 0 Å². The van der Waals surface area contributed by atoms with Gasteiger partial charge in [-0.15, -0.1) is 0 Å².